The van der Waals surface area contributed by atoms with Crippen LogP contribution in [0.25, 0.3) is 0 Å². The number of unbranched alkanes of at least 4 members (excludes halogenated alkanes) is 2. The number of ether oxygens (including phenoxy) is 4. The molecule has 17 rings (SSSR count). The summed E-state index contributed by atoms with van der Waals surface area (Å²) in [6, 6.07) is 40.0. The summed E-state index contributed by atoms with van der Waals surface area (Å²) in [5.74, 6) is 3.24. The first-order valence-corrected chi connectivity index (χ1v) is 40.1. The van der Waals surface area contributed by atoms with Gasteiger partial charge in [0.25, 0.3) is 23.6 Å². The van der Waals surface area contributed by atoms with E-state index in [-0.39, 0.29) is 59.6 Å². The van der Waals surface area contributed by atoms with E-state index in [0.717, 1.165) is 148 Å². The number of benzene rings is 5. The molecule has 0 unspecified atom stereocenters. The van der Waals surface area contributed by atoms with Crippen molar-refractivity contribution in [3.05, 3.63) is 193 Å². The summed E-state index contributed by atoms with van der Waals surface area (Å²) >= 11 is 3.48. The minimum absolute atomic E-state index is 0.0152. The second kappa shape index (κ2) is 35.0. The van der Waals surface area contributed by atoms with Gasteiger partial charge in [-0.3, -0.25) is 19.2 Å². The lowest BCUT2D eigenvalue weighted by Crippen LogP contribution is -2.49. The third kappa shape index (κ3) is 17.1. The molecule has 13 N–H and O–H groups in total. The van der Waals surface area contributed by atoms with Crippen LogP contribution in [0.1, 0.15) is 194 Å². The molecule has 22 heteroatoms. The Labute approximate surface area is 632 Å². The Kier molecular flexibility index (Phi) is 24.5. The van der Waals surface area contributed by atoms with E-state index in [1.54, 1.807) is 13.2 Å². The topological polar surface area (TPSA) is 270 Å². The number of carbonyl (C=O) groups is 4. The van der Waals surface area contributed by atoms with Crippen molar-refractivity contribution < 1.29 is 43.2 Å². The molecule has 8 aliphatic heterocycles. The van der Waals surface area contributed by atoms with Gasteiger partial charge >= 0.3 is 0 Å². The number of hydrogen-bond donors (Lipinski definition) is 13. The van der Waals surface area contributed by atoms with Crippen molar-refractivity contribution in [2.24, 2.45) is 0 Å². The summed E-state index contributed by atoms with van der Waals surface area (Å²) in [6.45, 7) is 8.47. The van der Waals surface area contributed by atoms with Crippen LogP contribution >= 0.6 is 15.9 Å². The number of halogens is 1. The fourth-order valence-electron chi connectivity index (χ4n) is 17.6. The Bertz CT molecular complexity index is 4090. The molecule has 0 saturated heterocycles. The van der Waals surface area contributed by atoms with E-state index >= 15 is 0 Å². The van der Waals surface area contributed by atoms with Crippen LogP contribution in [0.5, 0.6) is 28.7 Å². The fraction of sp³-hybridized carbons (Fsp3) is 0.500. The fourth-order valence-corrected chi connectivity index (χ4v) is 17.9. The average molecular weight is 1510 g/mol. The van der Waals surface area contributed by atoms with Crippen LogP contribution in [0.3, 0.4) is 0 Å². The smallest absolute Gasteiger partial charge is 0.251 e. The van der Waals surface area contributed by atoms with Gasteiger partial charge in [-0.05, 0) is 118 Å². The largest absolute Gasteiger partial charge is 0.507 e. The van der Waals surface area contributed by atoms with Gasteiger partial charge < -0.3 is 87.9 Å². The van der Waals surface area contributed by atoms with Crippen molar-refractivity contribution in [2.75, 3.05) is 46.5 Å². The molecular formula is C84H107BrN12O9. The maximum atomic E-state index is 12.8. The molecule has 0 spiro atoms. The Morgan fingerprint density at radius 3 is 1.25 bits per heavy atom. The summed E-state index contributed by atoms with van der Waals surface area (Å²) in [5.41, 5.74) is 12.3. The Balaban J connectivity index is 0.000000120. The van der Waals surface area contributed by atoms with Crippen molar-refractivity contribution >= 4 is 39.6 Å². The number of amides is 4. The maximum absolute atomic E-state index is 12.8. The van der Waals surface area contributed by atoms with Gasteiger partial charge in [-0.15, -0.1) is 0 Å². The summed E-state index contributed by atoms with van der Waals surface area (Å²) < 4.78 is 24.6. The van der Waals surface area contributed by atoms with E-state index in [9.17, 15) is 24.3 Å². The van der Waals surface area contributed by atoms with Crippen molar-refractivity contribution in [3.63, 3.8) is 0 Å². The highest BCUT2D eigenvalue weighted by Crippen LogP contribution is 2.43. The highest BCUT2D eigenvalue weighted by molar-refractivity contribution is 9.10. The van der Waals surface area contributed by atoms with Crippen LogP contribution in [0, 0.1) is 0 Å². The van der Waals surface area contributed by atoms with E-state index in [4.69, 9.17) is 18.9 Å². The molecule has 8 heterocycles. The normalized spacial score (nSPS) is 27.5. The summed E-state index contributed by atoms with van der Waals surface area (Å²) in [6.07, 6.45) is 23.1. The van der Waals surface area contributed by atoms with E-state index in [1.807, 2.05) is 84.9 Å². The standard InChI is InChI=1S/C25H37N3O3.C24H27N3O3.C18H23N3O2.C17H20BrN3O/c1-3-5-13-30-17-11-12-18(22(15-17)31-14-6-4-2)24-23-21(16-26-25(23)29)27-19-9-7-8-10-20(19)28-24;28-21-12-16(30-14-15-6-2-1-3-7-15)10-11-17(21)23-22-20(13-25-24(22)29)26-18-8-4-5-9-19(18)27-23;1-23-15-9-5-2-6-11(15)17-16-14(10-19-18(16)22)20-12-7-3-4-8-13(12)21-17;18-11-7-5-10(6-8-11)16-15-14(9-19-17(15)22)20-12-3-1-2-4-13(12)21-16/h11-12,15,19-20,24,27-28H,3-10,13-14,16H2,1-2H3,(H,26,29);1-3,6-7,10-12,18-19,23,26-28H,4-5,8-9,13-14H2,(H,25,29);2,5-6,9,12-13,17,20-21H,3-4,7-8,10H2,1H3,(H,19,22);5-8,12-13,16,20-21H,1-4,9H2,(H,19,22)/t19-,20-,24-;18-,19-,23-;12-,13-,17-;12-,13-,16-/m1111/s1. The van der Waals surface area contributed by atoms with E-state index in [2.05, 4.69) is 118 Å². The number of aromatic hydroxyl groups is 1. The number of carbonyl (C=O) groups excluding carboxylic acids is 4. The van der Waals surface area contributed by atoms with Gasteiger partial charge in [-0.25, -0.2) is 0 Å². The molecule has 12 aliphatic rings. The molecule has 4 aliphatic carbocycles. The number of nitrogens with one attached hydrogen (secondary N) is 12. The first-order chi connectivity index (χ1) is 51.9. The summed E-state index contributed by atoms with van der Waals surface area (Å²) in [7, 11) is 1.68. The number of fused-ring (bicyclic) bond motifs is 4. The molecule has 106 heavy (non-hydrogen) atoms. The monoisotopic (exact) mass is 1510 g/mol. The third-order valence-corrected chi connectivity index (χ3v) is 23.7. The van der Waals surface area contributed by atoms with Crippen LogP contribution in [-0.2, 0) is 25.8 Å². The number of rotatable bonds is 16. The molecule has 5 aromatic rings. The molecule has 4 fully saturated rings. The maximum Gasteiger partial charge on any atom is 0.251 e. The van der Waals surface area contributed by atoms with Gasteiger partial charge in [0.05, 0.1) is 93.0 Å². The first kappa shape index (κ1) is 74.3. The summed E-state index contributed by atoms with van der Waals surface area (Å²) in [5, 5.41) is 52.3. The van der Waals surface area contributed by atoms with Crippen LogP contribution in [0.2, 0.25) is 0 Å². The van der Waals surface area contributed by atoms with Crippen molar-refractivity contribution in [1.29, 1.82) is 0 Å². The molecule has 0 aromatic heterocycles. The molecule has 5 aromatic carbocycles. The number of phenols is 1. The van der Waals surface area contributed by atoms with Crippen LogP contribution in [0.15, 0.2) is 165 Å². The van der Waals surface area contributed by atoms with Crippen molar-refractivity contribution in [3.8, 4) is 28.7 Å². The molecule has 21 nitrogen and oxygen atoms in total. The predicted molar refractivity (Wildman–Crippen MR) is 414 cm³/mol. The predicted octanol–water partition coefficient (Wildman–Crippen LogP) is 10.9. The zero-order valence-electron chi connectivity index (χ0n) is 61.6. The molecule has 12 atom stereocenters. The van der Waals surface area contributed by atoms with Gasteiger partial charge in [0.1, 0.15) is 35.4 Å². The quantitative estimate of drug-likeness (QED) is 0.0409. The molecule has 0 radical (unpaired) electrons. The van der Waals surface area contributed by atoms with Gasteiger partial charge in [0.15, 0.2) is 0 Å². The van der Waals surface area contributed by atoms with Gasteiger partial charge in [-0.1, -0.05) is 155 Å². The van der Waals surface area contributed by atoms with Crippen LogP contribution in [0.4, 0.5) is 0 Å². The number of methoxy groups -OCH3 is 1. The zero-order valence-corrected chi connectivity index (χ0v) is 63.2. The van der Waals surface area contributed by atoms with Gasteiger partial charge in [0, 0.05) is 104 Å². The van der Waals surface area contributed by atoms with Crippen molar-refractivity contribution in [1.82, 2.24) is 63.8 Å². The molecule has 4 saturated carbocycles. The molecule has 0 bridgehead atoms. The Morgan fingerprint density at radius 2 is 0.792 bits per heavy atom. The van der Waals surface area contributed by atoms with E-state index < -0.39 is 0 Å². The Hall–Kier alpha value is -8.54. The number of hydrogen-bond acceptors (Lipinski definition) is 17. The zero-order chi connectivity index (χ0) is 73.0. The highest BCUT2D eigenvalue weighted by atomic mass is 79.9. The van der Waals surface area contributed by atoms with Crippen molar-refractivity contribution in [2.45, 2.75) is 221 Å². The minimum Gasteiger partial charge on any atom is -0.507 e. The SMILES string of the molecule is CCCCOc1ccc([C@H]2N[C@@H]3CCCC[C@H]3NC3=C2C(=O)NC3)c(OCCCC)c1.COc1ccccc1[C@H]1N[C@@H]2CCCC[C@H]2NC2=C1C(=O)NC2.O=C1NCC2=C1[C@@H](c1ccc(Br)cc1)N[C@@H]1CCCC[C@H]1N2.O=C1NCC2=C1[C@@H](c1ccc(OCc3ccccc3)cc1O)N[C@@H]1CCCC[C@H]1N2. The van der Waals surface area contributed by atoms with Gasteiger partial charge in [-0.2, -0.15) is 0 Å². The molecular weight excluding hydrogens is 1400 g/mol. The number of phenolic OH excluding ortho intramolecular Hbond substituents is 1. The lowest BCUT2D eigenvalue weighted by Gasteiger charge is -2.34. The lowest BCUT2D eigenvalue weighted by molar-refractivity contribution is -0.117. The lowest BCUT2D eigenvalue weighted by atomic mass is 9.89. The van der Waals surface area contributed by atoms with E-state index in [1.165, 1.54) is 64.2 Å². The molecule has 4 amide bonds. The van der Waals surface area contributed by atoms with Gasteiger partial charge in [0.2, 0.25) is 0 Å². The second-order valence-electron chi connectivity index (χ2n) is 30.2. The number of para-hydroxylation sites is 1. The van der Waals surface area contributed by atoms with Crippen LogP contribution < -0.4 is 82.7 Å². The minimum atomic E-state index is -0.341. The first-order valence-electron chi connectivity index (χ1n) is 39.3. The highest BCUT2D eigenvalue weighted by Gasteiger charge is 2.45. The Morgan fingerprint density at radius 1 is 0.406 bits per heavy atom. The molecule has 564 valence electrons. The van der Waals surface area contributed by atoms with Crippen LogP contribution in [-0.4, -0.2) is 124 Å². The third-order valence-electron chi connectivity index (χ3n) is 23.2. The summed E-state index contributed by atoms with van der Waals surface area (Å²) in [4.78, 5) is 50.3. The second-order valence-corrected chi connectivity index (χ2v) is 31.1. The average Bonchev–Trinajstić information content (AvgIpc) is 1.68. The van der Waals surface area contributed by atoms with E-state index in [0.29, 0.717) is 105 Å².